The molecule has 0 unspecified atom stereocenters. The van der Waals surface area contributed by atoms with E-state index in [2.05, 4.69) is 17.0 Å². The van der Waals surface area contributed by atoms with Crippen molar-refractivity contribution in [1.29, 1.82) is 0 Å². The number of rotatable bonds is 9. The lowest BCUT2D eigenvalue weighted by atomic mass is 10.2. The lowest BCUT2D eigenvalue weighted by Crippen LogP contribution is -2.28. The van der Waals surface area contributed by atoms with Crippen LogP contribution in [0.25, 0.3) is 0 Å². The third-order valence-electron chi connectivity index (χ3n) is 4.70. The number of aryl methyl sites for hydroxylation is 2. The van der Waals surface area contributed by atoms with Gasteiger partial charge in [-0.1, -0.05) is 42.8 Å². The summed E-state index contributed by atoms with van der Waals surface area (Å²) in [5.41, 5.74) is 2.88. The molecule has 0 aromatic heterocycles. The van der Waals surface area contributed by atoms with Gasteiger partial charge in [0.15, 0.2) is 0 Å². The van der Waals surface area contributed by atoms with Gasteiger partial charge in [0.05, 0.1) is 11.4 Å². The van der Waals surface area contributed by atoms with Crippen molar-refractivity contribution in [2.45, 2.75) is 25.2 Å². The zero-order valence-corrected chi connectivity index (χ0v) is 18.4. The van der Waals surface area contributed by atoms with Gasteiger partial charge in [-0.15, -0.1) is 0 Å². The lowest BCUT2D eigenvalue weighted by Gasteiger charge is -2.11. The van der Waals surface area contributed by atoms with Crippen molar-refractivity contribution in [2.24, 2.45) is 0 Å². The van der Waals surface area contributed by atoms with Crippen LogP contribution in [0.2, 0.25) is 0 Å². The van der Waals surface area contributed by atoms with Crippen LogP contribution < -0.4 is 14.8 Å². The number of nitrogens with one attached hydrogen (secondary N) is 2. The van der Waals surface area contributed by atoms with Gasteiger partial charge < -0.3 is 10.1 Å². The van der Waals surface area contributed by atoms with Crippen LogP contribution in [0.15, 0.2) is 77.7 Å². The third-order valence-corrected chi connectivity index (χ3v) is 6.09. The third kappa shape index (κ3) is 6.33. The first-order valence-electron chi connectivity index (χ1n) is 10.1. The first-order valence-corrected chi connectivity index (χ1v) is 11.5. The SMILES string of the molecule is CCc1ccc(OCCNC(=O)c2cccc(NS(=O)(=O)c3ccc(C)cc3)c2)cc1. The number of carbonyl (C=O) groups excluding carboxylic acids is 1. The summed E-state index contributed by atoms with van der Waals surface area (Å²) in [6.07, 6.45) is 0.969. The Morgan fingerprint density at radius 2 is 1.68 bits per heavy atom. The van der Waals surface area contributed by atoms with E-state index in [0.29, 0.717) is 24.4 Å². The number of ether oxygens (including phenoxy) is 1. The molecule has 0 bridgehead atoms. The largest absolute Gasteiger partial charge is 0.492 e. The van der Waals surface area contributed by atoms with Gasteiger partial charge in [-0.25, -0.2) is 8.42 Å². The highest BCUT2D eigenvalue weighted by Gasteiger charge is 2.15. The fourth-order valence-corrected chi connectivity index (χ4v) is 3.96. The Morgan fingerprint density at radius 3 is 2.35 bits per heavy atom. The van der Waals surface area contributed by atoms with E-state index >= 15 is 0 Å². The number of hydrogen-bond donors (Lipinski definition) is 2. The summed E-state index contributed by atoms with van der Waals surface area (Å²) in [5, 5.41) is 2.78. The van der Waals surface area contributed by atoms with E-state index in [1.807, 2.05) is 31.2 Å². The fraction of sp³-hybridized carbons (Fsp3) is 0.208. The average Bonchev–Trinajstić information content (AvgIpc) is 2.77. The molecule has 0 saturated carbocycles. The van der Waals surface area contributed by atoms with Crippen LogP contribution in [0.3, 0.4) is 0 Å². The quantitative estimate of drug-likeness (QED) is 0.491. The molecular weight excluding hydrogens is 412 g/mol. The minimum absolute atomic E-state index is 0.164. The van der Waals surface area contributed by atoms with Crippen molar-refractivity contribution in [3.8, 4) is 5.75 Å². The van der Waals surface area contributed by atoms with Crippen molar-refractivity contribution in [3.05, 3.63) is 89.5 Å². The molecule has 1 amide bonds. The second-order valence-electron chi connectivity index (χ2n) is 7.10. The van der Waals surface area contributed by atoms with Crippen molar-refractivity contribution in [3.63, 3.8) is 0 Å². The predicted molar refractivity (Wildman–Crippen MR) is 122 cm³/mol. The minimum Gasteiger partial charge on any atom is -0.492 e. The van der Waals surface area contributed by atoms with Gasteiger partial charge in [0, 0.05) is 11.3 Å². The zero-order valence-electron chi connectivity index (χ0n) is 17.6. The Bertz CT molecular complexity index is 1130. The number of hydrogen-bond acceptors (Lipinski definition) is 4. The molecule has 0 fully saturated rings. The maximum atomic E-state index is 12.6. The second-order valence-corrected chi connectivity index (χ2v) is 8.78. The number of carbonyl (C=O) groups is 1. The normalized spacial score (nSPS) is 11.0. The lowest BCUT2D eigenvalue weighted by molar-refractivity contribution is 0.0947. The molecule has 6 nitrogen and oxygen atoms in total. The van der Waals surface area contributed by atoms with Crippen molar-refractivity contribution in [2.75, 3.05) is 17.9 Å². The first kappa shape index (κ1) is 22.4. The van der Waals surface area contributed by atoms with Crippen LogP contribution in [0, 0.1) is 6.92 Å². The van der Waals surface area contributed by atoms with E-state index in [-0.39, 0.29) is 10.8 Å². The standard InChI is InChI=1S/C24H26N2O4S/c1-3-19-9-11-22(12-10-19)30-16-15-25-24(27)20-5-4-6-21(17-20)26-31(28,29)23-13-7-18(2)8-14-23/h4-14,17,26H,3,15-16H2,1-2H3,(H,25,27). The number of anilines is 1. The topological polar surface area (TPSA) is 84.5 Å². The highest BCUT2D eigenvalue weighted by atomic mass is 32.2. The van der Waals surface area contributed by atoms with Crippen LogP contribution in [-0.2, 0) is 16.4 Å². The Balaban J connectivity index is 1.55. The highest BCUT2D eigenvalue weighted by molar-refractivity contribution is 7.92. The van der Waals surface area contributed by atoms with Crippen LogP contribution >= 0.6 is 0 Å². The van der Waals surface area contributed by atoms with Crippen LogP contribution in [0.5, 0.6) is 5.75 Å². The van der Waals surface area contributed by atoms with E-state index in [1.54, 1.807) is 42.5 Å². The highest BCUT2D eigenvalue weighted by Crippen LogP contribution is 2.18. The Labute approximate surface area is 183 Å². The number of sulfonamides is 1. The molecule has 7 heteroatoms. The summed E-state index contributed by atoms with van der Waals surface area (Å²) in [6.45, 7) is 4.64. The van der Waals surface area contributed by atoms with Gasteiger partial charge in [0.2, 0.25) is 0 Å². The molecule has 0 aliphatic carbocycles. The molecule has 3 rings (SSSR count). The van der Waals surface area contributed by atoms with Crippen LogP contribution in [-0.4, -0.2) is 27.5 Å². The Kier molecular flexibility index (Phi) is 7.31. The Hall–Kier alpha value is -3.32. The molecule has 0 heterocycles. The molecule has 0 saturated heterocycles. The second kappa shape index (κ2) is 10.1. The van der Waals surface area contributed by atoms with Crippen molar-refractivity contribution >= 4 is 21.6 Å². The van der Waals surface area contributed by atoms with E-state index in [9.17, 15) is 13.2 Å². The monoisotopic (exact) mass is 438 g/mol. The first-order chi connectivity index (χ1) is 14.9. The van der Waals surface area contributed by atoms with E-state index in [0.717, 1.165) is 17.7 Å². The smallest absolute Gasteiger partial charge is 0.261 e. The molecule has 0 spiro atoms. The van der Waals surface area contributed by atoms with Gasteiger partial charge in [-0.05, 0) is 61.4 Å². The van der Waals surface area contributed by atoms with Crippen LogP contribution in [0.1, 0.15) is 28.4 Å². The van der Waals surface area contributed by atoms with Crippen LogP contribution in [0.4, 0.5) is 5.69 Å². The number of benzene rings is 3. The Morgan fingerprint density at radius 1 is 0.968 bits per heavy atom. The van der Waals surface area contributed by atoms with Gasteiger partial charge in [0.25, 0.3) is 15.9 Å². The number of amides is 1. The van der Waals surface area contributed by atoms with E-state index in [4.69, 9.17) is 4.74 Å². The summed E-state index contributed by atoms with van der Waals surface area (Å²) in [7, 11) is -3.73. The van der Waals surface area contributed by atoms with Gasteiger partial charge in [0.1, 0.15) is 12.4 Å². The molecule has 0 radical (unpaired) electrons. The zero-order chi connectivity index (χ0) is 22.3. The minimum atomic E-state index is -3.73. The summed E-state index contributed by atoms with van der Waals surface area (Å²) >= 11 is 0. The van der Waals surface area contributed by atoms with Gasteiger partial charge in [-0.2, -0.15) is 0 Å². The van der Waals surface area contributed by atoms with Crippen molar-refractivity contribution < 1.29 is 17.9 Å². The summed E-state index contributed by atoms with van der Waals surface area (Å²) in [4.78, 5) is 12.6. The molecule has 0 aliphatic heterocycles. The average molecular weight is 439 g/mol. The summed E-state index contributed by atoms with van der Waals surface area (Å²) in [5.74, 6) is 0.445. The molecule has 2 N–H and O–H groups in total. The van der Waals surface area contributed by atoms with Crippen molar-refractivity contribution in [1.82, 2.24) is 5.32 Å². The summed E-state index contributed by atoms with van der Waals surface area (Å²) < 4.78 is 33.3. The predicted octanol–water partition coefficient (Wildman–Crippen LogP) is 4.17. The molecular formula is C24H26N2O4S. The van der Waals surface area contributed by atoms with E-state index in [1.165, 1.54) is 11.6 Å². The maximum absolute atomic E-state index is 12.6. The maximum Gasteiger partial charge on any atom is 0.261 e. The summed E-state index contributed by atoms with van der Waals surface area (Å²) in [6, 6.07) is 20.8. The molecule has 162 valence electrons. The molecule has 0 atom stereocenters. The fourth-order valence-electron chi connectivity index (χ4n) is 2.91. The molecule has 31 heavy (non-hydrogen) atoms. The van der Waals surface area contributed by atoms with Gasteiger partial charge >= 0.3 is 0 Å². The molecule has 0 aliphatic rings. The molecule has 3 aromatic rings. The van der Waals surface area contributed by atoms with E-state index < -0.39 is 10.0 Å². The van der Waals surface area contributed by atoms with Gasteiger partial charge in [-0.3, -0.25) is 9.52 Å². The molecule has 3 aromatic carbocycles.